The number of aliphatic hydroxyl groups excluding tert-OH is 1. The molecule has 1 rings (SSSR count). The van der Waals surface area contributed by atoms with Gasteiger partial charge in [0.25, 0.3) is 0 Å². The van der Waals surface area contributed by atoms with Crippen LogP contribution in [0.25, 0.3) is 0 Å². The molecule has 1 aromatic heterocycles. The average Bonchev–Trinajstić information content (AvgIpc) is 2.53. The van der Waals surface area contributed by atoms with Crippen LogP contribution in [0.3, 0.4) is 0 Å². The molecule has 0 saturated carbocycles. The highest BCUT2D eigenvalue weighted by Crippen LogP contribution is 2.26. The smallest absolute Gasteiger partial charge is 0.0983 e. The topological polar surface area (TPSA) is 38.1 Å². The van der Waals surface area contributed by atoms with Crippen LogP contribution in [0.1, 0.15) is 38.5 Å². The van der Waals surface area contributed by atoms with Gasteiger partial charge < -0.3 is 9.67 Å². The second-order valence-corrected chi connectivity index (χ2v) is 3.45. The molecular weight excluding hydrogens is 164 g/mol. The molecule has 0 saturated heterocycles. The van der Waals surface area contributed by atoms with E-state index in [0.717, 1.165) is 18.5 Å². The summed E-state index contributed by atoms with van der Waals surface area (Å²) in [6.45, 7) is 4.21. The number of nitrogens with zero attached hydrogens (tertiary/aromatic N) is 2. The molecule has 0 spiro atoms. The Labute approximate surface area is 79.4 Å². The number of hydrogen-bond donors (Lipinski definition) is 1. The zero-order valence-electron chi connectivity index (χ0n) is 8.57. The summed E-state index contributed by atoms with van der Waals surface area (Å²) in [5.74, 6) is 0.343. The quantitative estimate of drug-likeness (QED) is 0.772. The van der Waals surface area contributed by atoms with Gasteiger partial charge in [-0.05, 0) is 5.92 Å². The fourth-order valence-electron chi connectivity index (χ4n) is 1.63. The lowest BCUT2D eigenvalue weighted by atomic mass is 9.95. The Hall–Kier alpha value is -0.830. The molecule has 0 bridgehead atoms. The molecule has 1 unspecified atom stereocenters. The monoisotopic (exact) mass is 182 g/mol. The predicted octanol–water partition coefficient (Wildman–Crippen LogP) is 1.89. The molecule has 0 aliphatic carbocycles. The molecule has 1 heterocycles. The normalized spacial score (nSPS) is 13.6. The van der Waals surface area contributed by atoms with Gasteiger partial charge in [0.05, 0.1) is 24.3 Å². The van der Waals surface area contributed by atoms with Crippen LogP contribution in [-0.4, -0.2) is 14.7 Å². The second kappa shape index (κ2) is 4.42. The van der Waals surface area contributed by atoms with E-state index in [1.165, 1.54) is 0 Å². The molecule has 1 aromatic rings. The van der Waals surface area contributed by atoms with Gasteiger partial charge in [0.15, 0.2) is 0 Å². The van der Waals surface area contributed by atoms with Crippen LogP contribution in [0.4, 0.5) is 0 Å². The van der Waals surface area contributed by atoms with E-state index in [9.17, 15) is 5.11 Å². The second-order valence-electron chi connectivity index (χ2n) is 3.45. The number of hydrogen-bond acceptors (Lipinski definition) is 2. The van der Waals surface area contributed by atoms with Crippen molar-refractivity contribution in [3.63, 3.8) is 0 Å². The summed E-state index contributed by atoms with van der Waals surface area (Å²) in [5.41, 5.74) is 0.911. The van der Waals surface area contributed by atoms with Crippen molar-refractivity contribution in [3.8, 4) is 0 Å². The Kier molecular flexibility index (Phi) is 3.48. The Bertz CT molecular complexity index is 253. The summed E-state index contributed by atoms with van der Waals surface area (Å²) in [4.78, 5) is 4.00. The molecule has 1 N–H and O–H groups in total. The molecule has 0 fully saturated rings. The highest BCUT2D eigenvalue weighted by atomic mass is 16.3. The zero-order chi connectivity index (χ0) is 9.84. The van der Waals surface area contributed by atoms with Crippen LogP contribution in [0, 0.1) is 5.92 Å². The Balaban J connectivity index is 2.77. The van der Waals surface area contributed by atoms with Gasteiger partial charge in [-0.2, -0.15) is 0 Å². The minimum atomic E-state index is -0.373. The van der Waals surface area contributed by atoms with E-state index < -0.39 is 0 Å². The fraction of sp³-hybridized carbons (Fsp3) is 0.700. The summed E-state index contributed by atoms with van der Waals surface area (Å²) >= 11 is 0. The first-order valence-corrected chi connectivity index (χ1v) is 4.85. The predicted molar refractivity (Wildman–Crippen MR) is 52.2 cm³/mol. The standard InChI is InChI=1S/C10H18N2O/c1-4-8(5-2)10(13)9-6-11-7-12(9)3/h6-8,10,13H,4-5H2,1-3H3. The van der Waals surface area contributed by atoms with Gasteiger partial charge in [-0.1, -0.05) is 26.7 Å². The molecule has 13 heavy (non-hydrogen) atoms. The summed E-state index contributed by atoms with van der Waals surface area (Å²) in [7, 11) is 1.91. The maximum absolute atomic E-state index is 9.99. The highest BCUT2D eigenvalue weighted by molar-refractivity contribution is 5.03. The lowest BCUT2D eigenvalue weighted by Gasteiger charge is -2.19. The van der Waals surface area contributed by atoms with E-state index >= 15 is 0 Å². The highest BCUT2D eigenvalue weighted by Gasteiger charge is 2.19. The van der Waals surface area contributed by atoms with Crippen molar-refractivity contribution in [2.75, 3.05) is 0 Å². The van der Waals surface area contributed by atoms with Crippen LogP contribution >= 0.6 is 0 Å². The van der Waals surface area contributed by atoms with Crippen molar-refractivity contribution in [2.45, 2.75) is 32.8 Å². The van der Waals surface area contributed by atoms with Crippen LogP contribution in [0.5, 0.6) is 0 Å². The van der Waals surface area contributed by atoms with Crippen LogP contribution < -0.4 is 0 Å². The first-order valence-electron chi connectivity index (χ1n) is 4.85. The third-order valence-electron chi connectivity index (χ3n) is 2.65. The van der Waals surface area contributed by atoms with E-state index in [0.29, 0.717) is 5.92 Å². The number of aliphatic hydroxyl groups is 1. The molecule has 0 aliphatic rings. The first kappa shape index (κ1) is 10.3. The molecule has 0 aromatic carbocycles. The van der Waals surface area contributed by atoms with E-state index in [-0.39, 0.29) is 6.10 Å². The molecule has 0 aliphatic heterocycles. The molecular formula is C10H18N2O. The van der Waals surface area contributed by atoms with E-state index in [1.807, 2.05) is 11.6 Å². The van der Waals surface area contributed by atoms with E-state index in [2.05, 4.69) is 18.8 Å². The van der Waals surface area contributed by atoms with Crippen LogP contribution in [0.2, 0.25) is 0 Å². The molecule has 3 nitrogen and oxygen atoms in total. The molecule has 0 radical (unpaired) electrons. The maximum atomic E-state index is 9.99. The average molecular weight is 182 g/mol. The zero-order valence-corrected chi connectivity index (χ0v) is 8.57. The minimum Gasteiger partial charge on any atom is -0.387 e. The number of rotatable bonds is 4. The third-order valence-corrected chi connectivity index (χ3v) is 2.65. The van der Waals surface area contributed by atoms with Crippen molar-refractivity contribution in [1.82, 2.24) is 9.55 Å². The van der Waals surface area contributed by atoms with E-state index in [1.54, 1.807) is 12.5 Å². The lowest BCUT2D eigenvalue weighted by molar-refractivity contribution is 0.0964. The maximum Gasteiger partial charge on any atom is 0.0983 e. The third kappa shape index (κ3) is 2.10. The summed E-state index contributed by atoms with van der Waals surface area (Å²) in [6, 6.07) is 0. The van der Waals surface area contributed by atoms with Gasteiger partial charge in [-0.25, -0.2) is 4.98 Å². The number of imidazole rings is 1. The summed E-state index contributed by atoms with van der Waals surface area (Å²) in [6.07, 6.45) is 5.10. The lowest BCUT2D eigenvalue weighted by Crippen LogP contribution is -2.13. The number of aromatic nitrogens is 2. The summed E-state index contributed by atoms with van der Waals surface area (Å²) in [5, 5.41) is 9.99. The van der Waals surface area contributed by atoms with Gasteiger partial charge in [-0.3, -0.25) is 0 Å². The Morgan fingerprint density at radius 2 is 2.08 bits per heavy atom. The van der Waals surface area contributed by atoms with Crippen molar-refractivity contribution >= 4 is 0 Å². The van der Waals surface area contributed by atoms with Crippen LogP contribution in [-0.2, 0) is 7.05 Å². The minimum absolute atomic E-state index is 0.343. The van der Waals surface area contributed by atoms with Gasteiger partial charge in [0.1, 0.15) is 0 Å². The van der Waals surface area contributed by atoms with Crippen molar-refractivity contribution in [2.24, 2.45) is 13.0 Å². The SMILES string of the molecule is CCC(CC)C(O)c1cncn1C. The Morgan fingerprint density at radius 1 is 1.46 bits per heavy atom. The number of aryl methyl sites for hydroxylation is 1. The van der Waals surface area contributed by atoms with Gasteiger partial charge in [0, 0.05) is 7.05 Å². The van der Waals surface area contributed by atoms with Gasteiger partial charge in [0.2, 0.25) is 0 Å². The van der Waals surface area contributed by atoms with E-state index in [4.69, 9.17) is 0 Å². The molecule has 1 atom stereocenters. The van der Waals surface area contributed by atoms with Crippen molar-refractivity contribution in [1.29, 1.82) is 0 Å². The molecule has 74 valence electrons. The largest absolute Gasteiger partial charge is 0.387 e. The molecule has 0 amide bonds. The summed E-state index contributed by atoms with van der Waals surface area (Å²) < 4.78 is 1.88. The van der Waals surface area contributed by atoms with Crippen molar-refractivity contribution < 1.29 is 5.11 Å². The van der Waals surface area contributed by atoms with Gasteiger partial charge >= 0.3 is 0 Å². The van der Waals surface area contributed by atoms with Crippen LogP contribution in [0.15, 0.2) is 12.5 Å². The fourth-order valence-corrected chi connectivity index (χ4v) is 1.63. The molecule has 3 heteroatoms. The first-order chi connectivity index (χ1) is 6.20. The Morgan fingerprint density at radius 3 is 2.46 bits per heavy atom. The van der Waals surface area contributed by atoms with Crippen molar-refractivity contribution in [3.05, 3.63) is 18.2 Å². The van der Waals surface area contributed by atoms with Gasteiger partial charge in [-0.15, -0.1) is 0 Å².